The highest BCUT2D eigenvalue weighted by atomic mass is 32.2. The van der Waals surface area contributed by atoms with Crippen molar-refractivity contribution in [3.05, 3.63) is 54.5 Å². The zero-order valence-corrected chi connectivity index (χ0v) is 11.1. The number of hydrogen-bond acceptors (Lipinski definition) is 2. The molecule has 0 aliphatic heterocycles. The molecule has 0 unspecified atom stereocenters. The van der Waals surface area contributed by atoms with E-state index in [1.165, 1.54) is 12.1 Å². The topological polar surface area (TPSA) is 25.0 Å². The van der Waals surface area contributed by atoms with E-state index in [0.29, 0.717) is 0 Å². The number of rotatable bonds is 3. The van der Waals surface area contributed by atoms with Crippen molar-refractivity contribution in [2.24, 2.45) is 0 Å². The number of fused-ring (bicyclic) bond motifs is 1. The number of hydrogen-bond donors (Lipinski definition) is 1. The highest BCUT2D eigenvalue weighted by molar-refractivity contribution is 7.99. The maximum atomic E-state index is 13.1. The van der Waals surface area contributed by atoms with Gasteiger partial charge in [-0.15, -0.1) is 0 Å². The Kier molecular flexibility index (Phi) is 3.17. The van der Waals surface area contributed by atoms with Gasteiger partial charge in [0.1, 0.15) is 11.6 Å². The minimum Gasteiger partial charge on any atom is -0.497 e. The monoisotopic (exact) mass is 273 g/mol. The van der Waals surface area contributed by atoms with Crippen LogP contribution in [0.2, 0.25) is 0 Å². The lowest BCUT2D eigenvalue weighted by Gasteiger charge is -2.03. The van der Waals surface area contributed by atoms with Crippen molar-refractivity contribution in [1.29, 1.82) is 0 Å². The molecule has 0 saturated carbocycles. The molecule has 0 fully saturated rings. The molecule has 4 heteroatoms. The van der Waals surface area contributed by atoms with Crippen LogP contribution in [0.25, 0.3) is 10.9 Å². The fourth-order valence-electron chi connectivity index (χ4n) is 1.95. The molecule has 2 aromatic carbocycles. The fraction of sp³-hybridized carbons (Fsp3) is 0.0667. The number of aromatic nitrogens is 1. The summed E-state index contributed by atoms with van der Waals surface area (Å²) in [6.45, 7) is 0. The SMILES string of the molecule is COc1cccc(Sc2c[nH]c3cc(F)ccc23)c1. The maximum absolute atomic E-state index is 13.1. The molecule has 1 aromatic heterocycles. The predicted octanol–water partition coefficient (Wildman–Crippen LogP) is 4.47. The summed E-state index contributed by atoms with van der Waals surface area (Å²) < 4.78 is 18.3. The molecule has 0 atom stereocenters. The molecule has 2 nitrogen and oxygen atoms in total. The van der Waals surface area contributed by atoms with Gasteiger partial charge >= 0.3 is 0 Å². The molecule has 0 aliphatic carbocycles. The summed E-state index contributed by atoms with van der Waals surface area (Å²) in [5.41, 5.74) is 0.811. The summed E-state index contributed by atoms with van der Waals surface area (Å²) in [6.07, 6.45) is 1.90. The number of ether oxygens (including phenoxy) is 1. The van der Waals surface area contributed by atoms with Crippen molar-refractivity contribution in [3.63, 3.8) is 0 Å². The number of halogens is 1. The first-order valence-electron chi connectivity index (χ1n) is 5.85. The van der Waals surface area contributed by atoms with Crippen molar-refractivity contribution in [3.8, 4) is 5.75 Å². The van der Waals surface area contributed by atoms with Crippen molar-refractivity contribution < 1.29 is 9.13 Å². The summed E-state index contributed by atoms with van der Waals surface area (Å²) in [5.74, 6) is 0.600. The summed E-state index contributed by atoms with van der Waals surface area (Å²) in [6, 6.07) is 12.6. The van der Waals surface area contributed by atoms with Crippen molar-refractivity contribution >= 4 is 22.7 Å². The van der Waals surface area contributed by atoms with Gasteiger partial charge in [-0.25, -0.2) is 4.39 Å². The summed E-state index contributed by atoms with van der Waals surface area (Å²) in [5, 5.41) is 1.02. The maximum Gasteiger partial charge on any atom is 0.125 e. The highest BCUT2D eigenvalue weighted by Gasteiger charge is 2.06. The van der Waals surface area contributed by atoms with Gasteiger partial charge in [0.25, 0.3) is 0 Å². The highest BCUT2D eigenvalue weighted by Crippen LogP contribution is 2.35. The minimum atomic E-state index is -0.229. The van der Waals surface area contributed by atoms with Gasteiger partial charge in [-0.2, -0.15) is 0 Å². The third-order valence-electron chi connectivity index (χ3n) is 2.87. The lowest BCUT2D eigenvalue weighted by atomic mass is 10.2. The second-order valence-corrected chi connectivity index (χ2v) is 5.24. The van der Waals surface area contributed by atoms with Crippen molar-refractivity contribution in [1.82, 2.24) is 4.98 Å². The summed E-state index contributed by atoms with van der Waals surface area (Å²) in [4.78, 5) is 5.25. The molecule has 19 heavy (non-hydrogen) atoms. The van der Waals surface area contributed by atoms with E-state index in [0.717, 1.165) is 26.4 Å². The van der Waals surface area contributed by atoms with Crippen LogP contribution in [0.4, 0.5) is 4.39 Å². The molecule has 3 rings (SSSR count). The van der Waals surface area contributed by atoms with Crippen LogP contribution < -0.4 is 4.74 Å². The van der Waals surface area contributed by atoms with Crippen LogP contribution >= 0.6 is 11.8 Å². The summed E-state index contributed by atoms with van der Waals surface area (Å²) in [7, 11) is 1.65. The van der Waals surface area contributed by atoms with Crippen LogP contribution in [0.3, 0.4) is 0 Å². The Balaban J connectivity index is 1.96. The van der Waals surface area contributed by atoms with Gasteiger partial charge in [0, 0.05) is 26.9 Å². The van der Waals surface area contributed by atoms with E-state index in [4.69, 9.17) is 4.74 Å². The molecule has 0 spiro atoms. The van der Waals surface area contributed by atoms with E-state index < -0.39 is 0 Å². The molecule has 1 N–H and O–H groups in total. The largest absolute Gasteiger partial charge is 0.497 e. The van der Waals surface area contributed by atoms with E-state index in [1.54, 1.807) is 24.9 Å². The zero-order valence-electron chi connectivity index (χ0n) is 10.3. The van der Waals surface area contributed by atoms with Gasteiger partial charge in [0.15, 0.2) is 0 Å². The average Bonchev–Trinajstić information content (AvgIpc) is 2.81. The Labute approximate surface area is 114 Å². The first-order chi connectivity index (χ1) is 9.26. The molecule has 0 radical (unpaired) electrons. The normalized spacial score (nSPS) is 10.8. The van der Waals surface area contributed by atoms with Gasteiger partial charge in [-0.1, -0.05) is 17.8 Å². The second-order valence-electron chi connectivity index (χ2n) is 4.12. The van der Waals surface area contributed by atoms with Crippen LogP contribution in [-0.4, -0.2) is 12.1 Å². The third kappa shape index (κ3) is 2.44. The first-order valence-corrected chi connectivity index (χ1v) is 6.66. The molecule has 0 bridgehead atoms. The van der Waals surface area contributed by atoms with Crippen LogP contribution in [-0.2, 0) is 0 Å². The van der Waals surface area contributed by atoms with Crippen LogP contribution in [0, 0.1) is 5.82 Å². The molecular formula is C15H12FNOS. The zero-order chi connectivity index (χ0) is 13.2. The number of benzene rings is 2. The van der Waals surface area contributed by atoms with Crippen molar-refractivity contribution in [2.75, 3.05) is 7.11 Å². The number of aromatic amines is 1. The van der Waals surface area contributed by atoms with Crippen LogP contribution in [0.1, 0.15) is 0 Å². The van der Waals surface area contributed by atoms with E-state index in [-0.39, 0.29) is 5.82 Å². The van der Waals surface area contributed by atoms with E-state index >= 15 is 0 Å². The molecular weight excluding hydrogens is 261 g/mol. The van der Waals surface area contributed by atoms with E-state index in [1.807, 2.05) is 30.5 Å². The number of nitrogens with one attached hydrogen (secondary N) is 1. The van der Waals surface area contributed by atoms with Crippen LogP contribution in [0.15, 0.2) is 58.5 Å². The van der Waals surface area contributed by atoms with Gasteiger partial charge in [0.05, 0.1) is 7.11 Å². The van der Waals surface area contributed by atoms with Crippen molar-refractivity contribution in [2.45, 2.75) is 9.79 Å². The smallest absolute Gasteiger partial charge is 0.125 e. The molecule has 0 aliphatic rings. The Morgan fingerprint density at radius 3 is 2.89 bits per heavy atom. The molecule has 1 heterocycles. The first kappa shape index (κ1) is 12.1. The number of H-pyrrole nitrogens is 1. The quantitative estimate of drug-likeness (QED) is 0.761. The standard InChI is InChI=1S/C15H12FNOS/c1-18-11-3-2-4-12(8-11)19-15-9-17-14-7-10(16)5-6-13(14)15/h2-9,17H,1H3. The van der Waals surface area contributed by atoms with E-state index in [2.05, 4.69) is 4.98 Å². The number of methoxy groups -OCH3 is 1. The average molecular weight is 273 g/mol. The third-order valence-corrected chi connectivity index (χ3v) is 3.92. The Hall–Kier alpha value is -1.94. The molecule has 96 valence electrons. The molecule has 3 aromatic rings. The lowest BCUT2D eigenvalue weighted by Crippen LogP contribution is -1.81. The Morgan fingerprint density at radius 1 is 1.16 bits per heavy atom. The van der Waals surface area contributed by atoms with Gasteiger partial charge in [-0.05, 0) is 36.4 Å². The predicted molar refractivity (Wildman–Crippen MR) is 75.4 cm³/mol. The second kappa shape index (κ2) is 4.97. The minimum absolute atomic E-state index is 0.229. The fourth-order valence-corrected chi connectivity index (χ4v) is 2.93. The lowest BCUT2D eigenvalue weighted by molar-refractivity contribution is 0.413. The van der Waals surface area contributed by atoms with Crippen LogP contribution in [0.5, 0.6) is 5.75 Å². The van der Waals surface area contributed by atoms with Gasteiger partial charge in [-0.3, -0.25) is 0 Å². The van der Waals surface area contributed by atoms with Gasteiger partial charge in [0.2, 0.25) is 0 Å². The van der Waals surface area contributed by atoms with Gasteiger partial charge < -0.3 is 9.72 Å². The van der Waals surface area contributed by atoms with E-state index in [9.17, 15) is 4.39 Å². The molecule has 0 saturated heterocycles. The molecule has 0 amide bonds. The summed E-state index contributed by atoms with van der Waals surface area (Å²) >= 11 is 1.63. The Bertz CT molecular complexity index is 723. The Morgan fingerprint density at radius 2 is 2.05 bits per heavy atom.